The van der Waals surface area contributed by atoms with Crippen molar-refractivity contribution in [2.24, 2.45) is 5.73 Å². The third-order valence-corrected chi connectivity index (χ3v) is 3.68. The molecule has 6 heteroatoms. The van der Waals surface area contributed by atoms with Gasteiger partial charge in [-0.05, 0) is 0 Å². The van der Waals surface area contributed by atoms with Gasteiger partial charge in [0.1, 0.15) is 5.82 Å². The van der Waals surface area contributed by atoms with E-state index in [1.807, 2.05) is 0 Å². The van der Waals surface area contributed by atoms with Gasteiger partial charge in [0.25, 0.3) is 0 Å². The van der Waals surface area contributed by atoms with E-state index in [0.717, 1.165) is 5.69 Å². The molecule has 0 spiro atoms. The van der Waals surface area contributed by atoms with E-state index in [1.165, 1.54) is 0 Å². The molecule has 0 amide bonds. The second-order valence-corrected chi connectivity index (χ2v) is 5.34. The Morgan fingerprint density at radius 3 is 3.00 bits per heavy atom. The lowest BCUT2D eigenvalue weighted by Crippen LogP contribution is -2.18. The first kappa shape index (κ1) is 8.71. The van der Waals surface area contributed by atoms with Crippen LogP contribution in [0, 0.1) is 0 Å². The standard InChI is InChI=1S/C7H11N3O2S/c8-3-7-9-5-1-2-13(11,12)4-6(5)10-7/h1-4,8H2,(H,9,10). The zero-order valence-corrected chi connectivity index (χ0v) is 7.89. The minimum atomic E-state index is -2.90. The van der Waals surface area contributed by atoms with Gasteiger partial charge >= 0.3 is 0 Å². The van der Waals surface area contributed by atoms with Crippen LogP contribution < -0.4 is 5.73 Å². The van der Waals surface area contributed by atoms with E-state index in [9.17, 15) is 8.42 Å². The summed E-state index contributed by atoms with van der Waals surface area (Å²) in [5.41, 5.74) is 6.96. The van der Waals surface area contributed by atoms with Gasteiger partial charge in [0.2, 0.25) is 0 Å². The van der Waals surface area contributed by atoms with E-state index < -0.39 is 9.84 Å². The number of nitrogens with one attached hydrogen (secondary N) is 1. The molecular formula is C7H11N3O2S. The zero-order valence-electron chi connectivity index (χ0n) is 7.08. The normalized spacial score (nSPS) is 19.8. The van der Waals surface area contributed by atoms with E-state index in [-0.39, 0.29) is 11.5 Å². The van der Waals surface area contributed by atoms with E-state index in [4.69, 9.17) is 5.73 Å². The Bertz CT molecular complexity index is 421. The third kappa shape index (κ3) is 1.59. The number of H-pyrrole nitrogens is 1. The van der Waals surface area contributed by atoms with Crippen molar-refractivity contribution >= 4 is 9.84 Å². The number of hydrogen-bond acceptors (Lipinski definition) is 4. The molecule has 0 aliphatic carbocycles. The Labute approximate surface area is 76.3 Å². The van der Waals surface area contributed by atoms with Crippen LogP contribution in [0.4, 0.5) is 0 Å². The number of aryl methyl sites for hydroxylation is 1. The molecule has 0 saturated carbocycles. The van der Waals surface area contributed by atoms with E-state index in [2.05, 4.69) is 9.97 Å². The van der Waals surface area contributed by atoms with Crippen molar-refractivity contribution in [2.75, 3.05) is 5.75 Å². The highest BCUT2D eigenvalue weighted by Gasteiger charge is 2.24. The molecule has 0 bridgehead atoms. The van der Waals surface area contributed by atoms with Crippen LogP contribution >= 0.6 is 0 Å². The molecule has 3 N–H and O–H groups in total. The average molecular weight is 201 g/mol. The van der Waals surface area contributed by atoms with Crippen molar-refractivity contribution < 1.29 is 8.42 Å². The molecule has 2 rings (SSSR count). The first-order valence-corrected chi connectivity index (χ1v) is 5.90. The molecule has 0 aromatic carbocycles. The molecule has 1 aromatic heterocycles. The minimum absolute atomic E-state index is 0.0787. The maximum absolute atomic E-state index is 11.2. The van der Waals surface area contributed by atoms with Crippen LogP contribution in [0.3, 0.4) is 0 Å². The molecular weight excluding hydrogens is 190 g/mol. The number of aromatic nitrogens is 2. The summed E-state index contributed by atoms with van der Waals surface area (Å²) in [5.74, 6) is 0.951. The van der Waals surface area contributed by atoms with Gasteiger partial charge in [-0.1, -0.05) is 0 Å². The molecule has 2 heterocycles. The number of aromatic amines is 1. The van der Waals surface area contributed by atoms with Gasteiger partial charge in [-0.15, -0.1) is 0 Å². The van der Waals surface area contributed by atoms with Gasteiger partial charge in [-0.3, -0.25) is 0 Å². The average Bonchev–Trinajstić information content (AvgIpc) is 2.44. The summed E-state index contributed by atoms with van der Waals surface area (Å²) in [5, 5.41) is 0. The smallest absolute Gasteiger partial charge is 0.156 e. The Hall–Kier alpha value is -0.880. The molecule has 0 unspecified atom stereocenters. The lowest BCUT2D eigenvalue weighted by Gasteiger charge is -2.09. The lowest BCUT2D eigenvalue weighted by molar-refractivity contribution is 0.590. The van der Waals surface area contributed by atoms with Crippen LogP contribution in [0.25, 0.3) is 0 Å². The highest BCUT2D eigenvalue weighted by molar-refractivity contribution is 7.90. The molecule has 0 radical (unpaired) electrons. The molecule has 0 atom stereocenters. The molecule has 1 aromatic rings. The van der Waals surface area contributed by atoms with Crippen molar-refractivity contribution in [3.8, 4) is 0 Å². The van der Waals surface area contributed by atoms with Crippen molar-refractivity contribution in [1.29, 1.82) is 0 Å². The molecule has 0 saturated heterocycles. The minimum Gasteiger partial charge on any atom is -0.344 e. The highest BCUT2D eigenvalue weighted by atomic mass is 32.2. The first-order chi connectivity index (χ1) is 6.11. The van der Waals surface area contributed by atoms with Gasteiger partial charge in [0.05, 0.1) is 29.4 Å². The quantitative estimate of drug-likeness (QED) is 0.631. The lowest BCUT2D eigenvalue weighted by atomic mass is 10.3. The van der Waals surface area contributed by atoms with Crippen LogP contribution in [-0.2, 0) is 28.6 Å². The molecule has 5 nitrogen and oxygen atoms in total. The van der Waals surface area contributed by atoms with Gasteiger partial charge in [-0.2, -0.15) is 0 Å². The highest BCUT2D eigenvalue weighted by Crippen LogP contribution is 2.17. The summed E-state index contributed by atoms with van der Waals surface area (Å²) in [6.07, 6.45) is 0.508. The third-order valence-electron chi connectivity index (χ3n) is 2.12. The molecule has 0 fully saturated rings. The summed E-state index contributed by atoms with van der Waals surface area (Å²) in [4.78, 5) is 7.11. The SMILES string of the molecule is NCc1nc2c([nH]1)CS(=O)(=O)CC2. The monoisotopic (exact) mass is 201 g/mol. The summed E-state index contributed by atoms with van der Waals surface area (Å²) in [6.45, 7) is 0.326. The maximum atomic E-state index is 11.2. The number of imidazole rings is 1. The zero-order chi connectivity index (χ0) is 9.47. The van der Waals surface area contributed by atoms with Crippen LogP contribution in [0.5, 0.6) is 0 Å². The van der Waals surface area contributed by atoms with Crippen LogP contribution in [0.2, 0.25) is 0 Å². The van der Waals surface area contributed by atoms with Gasteiger partial charge in [0.15, 0.2) is 9.84 Å². The van der Waals surface area contributed by atoms with Gasteiger partial charge in [0, 0.05) is 6.42 Å². The number of nitrogens with two attached hydrogens (primary N) is 1. The van der Waals surface area contributed by atoms with Gasteiger partial charge < -0.3 is 10.7 Å². The Morgan fingerprint density at radius 2 is 2.31 bits per heavy atom. The topological polar surface area (TPSA) is 88.8 Å². The van der Waals surface area contributed by atoms with Crippen molar-refractivity contribution in [2.45, 2.75) is 18.7 Å². The van der Waals surface area contributed by atoms with E-state index in [1.54, 1.807) is 0 Å². The van der Waals surface area contributed by atoms with E-state index in [0.29, 0.717) is 24.5 Å². The Balaban J connectivity index is 2.40. The molecule has 72 valence electrons. The predicted octanol–water partition coefficient (Wildman–Crippen LogP) is -0.661. The second-order valence-electron chi connectivity index (χ2n) is 3.15. The van der Waals surface area contributed by atoms with E-state index >= 15 is 0 Å². The summed E-state index contributed by atoms with van der Waals surface area (Å²) in [7, 11) is -2.90. The summed E-state index contributed by atoms with van der Waals surface area (Å²) >= 11 is 0. The number of fused-ring (bicyclic) bond motifs is 1. The largest absolute Gasteiger partial charge is 0.344 e. The van der Waals surface area contributed by atoms with Crippen molar-refractivity contribution in [1.82, 2.24) is 9.97 Å². The number of hydrogen-bond donors (Lipinski definition) is 2. The van der Waals surface area contributed by atoms with Crippen molar-refractivity contribution in [3.63, 3.8) is 0 Å². The van der Waals surface area contributed by atoms with Crippen molar-refractivity contribution in [3.05, 3.63) is 17.2 Å². The Morgan fingerprint density at radius 1 is 1.54 bits per heavy atom. The van der Waals surface area contributed by atoms with Crippen LogP contribution in [-0.4, -0.2) is 24.1 Å². The summed E-state index contributed by atoms with van der Waals surface area (Å²) in [6, 6.07) is 0. The number of sulfone groups is 1. The molecule has 1 aliphatic heterocycles. The fraction of sp³-hybridized carbons (Fsp3) is 0.571. The first-order valence-electron chi connectivity index (χ1n) is 4.08. The molecule has 1 aliphatic rings. The Kier molecular flexibility index (Phi) is 1.88. The number of rotatable bonds is 1. The second kappa shape index (κ2) is 2.81. The molecule has 13 heavy (non-hydrogen) atoms. The van der Waals surface area contributed by atoms with Crippen LogP contribution in [0.1, 0.15) is 17.2 Å². The predicted molar refractivity (Wildman–Crippen MR) is 47.7 cm³/mol. The fourth-order valence-electron chi connectivity index (χ4n) is 1.47. The number of nitrogens with zero attached hydrogens (tertiary/aromatic N) is 1. The van der Waals surface area contributed by atoms with Gasteiger partial charge in [-0.25, -0.2) is 13.4 Å². The fourth-order valence-corrected chi connectivity index (χ4v) is 2.80. The van der Waals surface area contributed by atoms with Crippen LogP contribution in [0.15, 0.2) is 0 Å². The maximum Gasteiger partial charge on any atom is 0.156 e. The summed E-state index contributed by atoms with van der Waals surface area (Å²) < 4.78 is 22.5.